The molecule has 0 aromatic heterocycles. The molecule has 0 spiro atoms. The molecule has 0 aliphatic heterocycles. The molecule has 1 saturated carbocycles. The van der Waals surface area contributed by atoms with E-state index in [2.05, 4.69) is 6.92 Å². The van der Waals surface area contributed by atoms with Crippen molar-refractivity contribution in [2.75, 3.05) is 13.1 Å². The molecule has 1 fully saturated rings. The summed E-state index contributed by atoms with van der Waals surface area (Å²) < 4.78 is 39.1. The summed E-state index contributed by atoms with van der Waals surface area (Å²) in [6, 6.07) is 0. The van der Waals surface area contributed by atoms with Crippen molar-refractivity contribution in [2.45, 2.75) is 89.8 Å². The summed E-state index contributed by atoms with van der Waals surface area (Å²) in [6.45, 7) is 5.16. The van der Waals surface area contributed by atoms with E-state index >= 15 is 0 Å². The van der Waals surface area contributed by atoms with Gasteiger partial charge in [0, 0.05) is 0 Å². The molecular weight excluding hydrogens is 263 g/mol. The number of nitrogens with zero attached hydrogens (tertiary/aromatic N) is 1. The van der Waals surface area contributed by atoms with E-state index in [1.807, 2.05) is 6.92 Å². The molecule has 0 atom stereocenters. The van der Waals surface area contributed by atoms with Crippen molar-refractivity contribution in [3.63, 3.8) is 0 Å². The number of hydrogen-bond donors (Lipinski definition) is 0. The first-order valence-electron chi connectivity index (χ1n) is 8.29. The van der Waals surface area contributed by atoms with Crippen molar-refractivity contribution in [1.82, 2.24) is 4.90 Å². The summed E-state index contributed by atoms with van der Waals surface area (Å²) in [6.07, 6.45) is 6.04. The van der Waals surface area contributed by atoms with Crippen LogP contribution in [0.15, 0.2) is 0 Å². The van der Waals surface area contributed by atoms with Gasteiger partial charge in [-0.1, -0.05) is 58.8 Å². The van der Waals surface area contributed by atoms with Crippen LogP contribution in [0.5, 0.6) is 0 Å². The van der Waals surface area contributed by atoms with E-state index in [-0.39, 0.29) is 0 Å². The molecule has 4 heteroatoms. The summed E-state index contributed by atoms with van der Waals surface area (Å²) in [4.78, 5) is 1.66. The first kappa shape index (κ1) is 17.8. The molecule has 0 radical (unpaired) electrons. The summed E-state index contributed by atoms with van der Waals surface area (Å²) in [5, 5.41) is 0. The molecule has 1 rings (SSSR count). The number of unbranched alkanes of at least 4 members (excludes halogenated alkanes) is 7. The van der Waals surface area contributed by atoms with Crippen LogP contribution in [0.4, 0.5) is 13.2 Å². The van der Waals surface area contributed by atoms with Crippen molar-refractivity contribution >= 4 is 0 Å². The molecule has 0 aromatic carbocycles. The van der Waals surface area contributed by atoms with Crippen LogP contribution in [-0.2, 0) is 0 Å². The van der Waals surface area contributed by atoms with Gasteiger partial charge < -0.3 is 0 Å². The van der Waals surface area contributed by atoms with Crippen LogP contribution in [0.3, 0.4) is 0 Å². The van der Waals surface area contributed by atoms with Gasteiger partial charge in [-0.25, -0.2) is 0 Å². The maximum atomic E-state index is 13.0. The highest BCUT2D eigenvalue weighted by atomic mass is 19.4. The molecule has 0 unspecified atom stereocenters. The van der Waals surface area contributed by atoms with Gasteiger partial charge in [0.15, 0.2) is 0 Å². The van der Waals surface area contributed by atoms with E-state index in [9.17, 15) is 13.2 Å². The van der Waals surface area contributed by atoms with E-state index in [1.165, 1.54) is 38.5 Å². The Morgan fingerprint density at radius 2 is 1.35 bits per heavy atom. The fraction of sp³-hybridized carbons (Fsp3) is 1.00. The summed E-state index contributed by atoms with van der Waals surface area (Å²) in [5.74, 6) is 0. The Labute approximate surface area is 121 Å². The smallest absolute Gasteiger partial charge is 0.290 e. The number of alkyl halides is 3. The Kier molecular flexibility index (Phi) is 7.35. The predicted molar refractivity (Wildman–Crippen MR) is 77.9 cm³/mol. The van der Waals surface area contributed by atoms with Crippen LogP contribution in [0.2, 0.25) is 0 Å². The van der Waals surface area contributed by atoms with Crippen LogP contribution in [0.1, 0.15) is 78.1 Å². The minimum Gasteiger partial charge on any atom is -0.290 e. The quantitative estimate of drug-likeness (QED) is 0.452. The Morgan fingerprint density at radius 1 is 0.850 bits per heavy atom. The average Bonchev–Trinajstić information content (AvgIpc) is 3.18. The third-order valence-electron chi connectivity index (χ3n) is 4.52. The first-order chi connectivity index (χ1) is 9.48. The van der Waals surface area contributed by atoms with Gasteiger partial charge >= 0.3 is 6.18 Å². The van der Waals surface area contributed by atoms with Crippen LogP contribution >= 0.6 is 0 Å². The molecular formula is C16H30F3N. The summed E-state index contributed by atoms with van der Waals surface area (Å²) in [5.41, 5.74) is -1.47. The molecule has 0 N–H and O–H groups in total. The molecule has 0 aromatic rings. The fourth-order valence-corrected chi connectivity index (χ4v) is 3.01. The van der Waals surface area contributed by atoms with Gasteiger partial charge in [0.2, 0.25) is 0 Å². The van der Waals surface area contributed by atoms with Gasteiger partial charge in [0.25, 0.3) is 0 Å². The average molecular weight is 293 g/mol. The molecule has 120 valence electrons. The summed E-state index contributed by atoms with van der Waals surface area (Å²) >= 11 is 0. The Balaban J connectivity index is 2.14. The van der Waals surface area contributed by atoms with Gasteiger partial charge in [-0.3, -0.25) is 4.90 Å². The molecule has 1 aliphatic carbocycles. The third-order valence-corrected chi connectivity index (χ3v) is 4.52. The highest BCUT2D eigenvalue weighted by Crippen LogP contribution is 2.53. The second-order valence-corrected chi connectivity index (χ2v) is 6.08. The molecule has 20 heavy (non-hydrogen) atoms. The van der Waals surface area contributed by atoms with Crippen molar-refractivity contribution < 1.29 is 13.2 Å². The maximum absolute atomic E-state index is 13.0. The lowest BCUT2D eigenvalue weighted by molar-refractivity contribution is -0.196. The fourth-order valence-electron chi connectivity index (χ4n) is 3.01. The zero-order chi connectivity index (χ0) is 15.1. The molecule has 0 bridgehead atoms. The van der Waals surface area contributed by atoms with Gasteiger partial charge in [-0.15, -0.1) is 0 Å². The Hall–Kier alpha value is -0.250. The van der Waals surface area contributed by atoms with Crippen LogP contribution in [0.25, 0.3) is 0 Å². The zero-order valence-corrected chi connectivity index (χ0v) is 13.1. The molecule has 1 nitrogen and oxygen atoms in total. The largest absolute Gasteiger partial charge is 0.406 e. The van der Waals surface area contributed by atoms with Crippen LogP contribution < -0.4 is 0 Å². The SMILES string of the molecule is CCCCCCCCCCN(CC)C1(C(F)(F)F)CC1. The van der Waals surface area contributed by atoms with Crippen molar-refractivity contribution in [2.24, 2.45) is 0 Å². The second kappa shape index (κ2) is 8.26. The number of hydrogen-bond acceptors (Lipinski definition) is 1. The lowest BCUT2D eigenvalue weighted by Gasteiger charge is -2.32. The lowest BCUT2D eigenvalue weighted by atomic mass is 10.1. The minimum absolute atomic E-state index is 0.293. The van der Waals surface area contributed by atoms with Crippen LogP contribution in [-0.4, -0.2) is 29.7 Å². The van der Waals surface area contributed by atoms with Crippen molar-refractivity contribution in [1.29, 1.82) is 0 Å². The molecule has 0 amide bonds. The van der Waals surface area contributed by atoms with Gasteiger partial charge in [-0.2, -0.15) is 13.2 Å². The third kappa shape index (κ3) is 4.94. The highest BCUT2D eigenvalue weighted by molar-refractivity contribution is 5.09. The predicted octanol–water partition coefficient (Wildman–Crippen LogP) is 5.54. The zero-order valence-electron chi connectivity index (χ0n) is 13.1. The van der Waals surface area contributed by atoms with Gasteiger partial charge in [-0.05, 0) is 32.4 Å². The normalized spacial score (nSPS) is 17.7. The van der Waals surface area contributed by atoms with Gasteiger partial charge in [0.1, 0.15) is 5.54 Å². The van der Waals surface area contributed by atoms with E-state index < -0.39 is 11.7 Å². The summed E-state index contributed by atoms with van der Waals surface area (Å²) in [7, 11) is 0. The van der Waals surface area contributed by atoms with Crippen molar-refractivity contribution in [3.05, 3.63) is 0 Å². The molecule has 1 aliphatic rings. The number of rotatable bonds is 11. The first-order valence-corrected chi connectivity index (χ1v) is 8.29. The molecule has 0 saturated heterocycles. The topological polar surface area (TPSA) is 3.24 Å². The monoisotopic (exact) mass is 293 g/mol. The highest BCUT2D eigenvalue weighted by Gasteiger charge is 2.65. The van der Waals surface area contributed by atoms with E-state index in [0.29, 0.717) is 25.9 Å². The lowest BCUT2D eigenvalue weighted by Crippen LogP contribution is -2.48. The van der Waals surface area contributed by atoms with Gasteiger partial charge in [0.05, 0.1) is 0 Å². The van der Waals surface area contributed by atoms with E-state index in [4.69, 9.17) is 0 Å². The van der Waals surface area contributed by atoms with Crippen LogP contribution in [0, 0.1) is 0 Å². The number of halogens is 3. The Bertz CT molecular complexity index is 259. The maximum Gasteiger partial charge on any atom is 0.406 e. The van der Waals surface area contributed by atoms with Crippen molar-refractivity contribution in [3.8, 4) is 0 Å². The molecule has 0 heterocycles. The van der Waals surface area contributed by atoms with E-state index in [1.54, 1.807) is 4.90 Å². The second-order valence-electron chi connectivity index (χ2n) is 6.08. The van der Waals surface area contributed by atoms with E-state index in [0.717, 1.165) is 12.8 Å². The Morgan fingerprint density at radius 3 is 1.75 bits per heavy atom. The standard InChI is InChI=1S/C16H30F3N/c1-3-5-6-7-8-9-10-11-14-20(4-2)15(12-13-15)16(17,18)19/h3-14H2,1-2H3. The minimum atomic E-state index is -4.05.